The second-order valence-electron chi connectivity index (χ2n) is 6.40. The Morgan fingerprint density at radius 1 is 1.09 bits per heavy atom. The van der Waals surface area contributed by atoms with Gasteiger partial charge in [0.15, 0.2) is 0 Å². The summed E-state index contributed by atoms with van der Waals surface area (Å²) in [6, 6.07) is 4.65. The number of rotatable bonds is 3. The van der Waals surface area contributed by atoms with Crippen molar-refractivity contribution in [2.75, 3.05) is 26.2 Å². The van der Waals surface area contributed by atoms with E-state index in [2.05, 4.69) is 27.3 Å². The van der Waals surface area contributed by atoms with Gasteiger partial charge in [0.25, 0.3) is 0 Å². The maximum absolute atomic E-state index is 12.3. The van der Waals surface area contributed by atoms with E-state index in [1.165, 1.54) is 24.8 Å². The van der Waals surface area contributed by atoms with E-state index >= 15 is 0 Å². The second kappa shape index (κ2) is 7.58. The summed E-state index contributed by atoms with van der Waals surface area (Å²) < 4.78 is 0. The standard InChI is InChI=1S/C17H26N4O/c22-17(19-16-4-2-1-3-5-16)21-12-10-20(11-13-21)14-15-6-8-18-9-7-15/h6-9,16H,1-5,10-14H2,(H,19,22). The minimum absolute atomic E-state index is 0.135. The minimum Gasteiger partial charge on any atom is -0.335 e. The third-order valence-corrected chi connectivity index (χ3v) is 4.75. The molecule has 2 fully saturated rings. The number of carbonyl (C=O) groups is 1. The molecule has 2 heterocycles. The lowest BCUT2D eigenvalue weighted by Gasteiger charge is -2.36. The van der Waals surface area contributed by atoms with Gasteiger partial charge >= 0.3 is 6.03 Å². The van der Waals surface area contributed by atoms with Gasteiger partial charge < -0.3 is 10.2 Å². The zero-order valence-electron chi connectivity index (χ0n) is 13.2. The summed E-state index contributed by atoms with van der Waals surface area (Å²) >= 11 is 0. The van der Waals surface area contributed by atoms with Gasteiger partial charge in [0.1, 0.15) is 0 Å². The van der Waals surface area contributed by atoms with Crippen LogP contribution < -0.4 is 5.32 Å². The van der Waals surface area contributed by atoms with Crippen molar-refractivity contribution in [3.8, 4) is 0 Å². The molecular formula is C17H26N4O. The Morgan fingerprint density at radius 3 is 2.45 bits per heavy atom. The molecule has 0 spiro atoms. The average Bonchev–Trinajstić information content (AvgIpc) is 2.57. The number of nitrogens with zero attached hydrogens (tertiary/aromatic N) is 3. The van der Waals surface area contributed by atoms with Gasteiger partial charge in [0.05, 0.1) is 0 Å². The number of nitrogens with one attached hydrogen (secondary N) is 1. The van der Waals surface area contributed by atoms with Gasteiger partial charge in [-0.2, -0.15) is 0 Å². The summed E-state index contributed by atoms with van der Waals surface area (Å²) in [5.74, 6) is 0. The molecule has 1 saturated heterocycles. The number of hydrogen-bond donors (Lipinski definition) is 1. The normalized spacial score (nSPS) is 20.8. The summed E-state index contributed by atoms with van der Waals surface area (Å²) in [4.78, 5) is 20.7. The monoisotopic (exact) mass is 302 g/mol. The van der Waals surface area contributed by atoms with Gasteiger partial charge in [-0.1, -0.05) is 19.3 Å². The lowest BCUT2D eigenvalue weighted by atomic mass is 9.96. The van der Waals surface area contributed by atoms with Crippen molar-refractivity contribution in [2.45, 2.75) is 44.7 Å². The molecule has 3 rings (SSSR count). The van der Waals surface area contributed by atoms with Crippen LogP contribution in [0.5, 0.6) is 0 Å². The molecule has 0 atom stereocenters. The van der Waals surface area contributed by atoms with Gasteiger partial charge in [-0.25, -0.2) is 4.79 Å². The highest BCUT2D eigenvalue weighted by atomic mass is 16.2. The zero-order chi connectivity index (χ0) is 15.2. The maximum atomic E-state index is 12.3. The summed E-state index contributed by atoms with van der Waals surface area (Å²) in [6.07, 6.45) is 9.79. The van der Waals surface area contributed by atoms with Crippen molar-refractivity contribution in [2.24, 2.45) is 0 Å². The maximum Gasteiger partial charge on any atom is 0.317 e. The highest BCUT2D eigenvalue weighted by Gasteiger charge is 2.23. The van der Waals surface area contributed by atoms with Crippen LogP contribution in [0.25, 0.3) is 0 Å². The van der Waals surface area contributed by atoms with Gasteiger partial charge in [-0.05, 0) is 30.5 Å². The zero-order valence-corrected chi connectivity index (χ0v) is 13.2. The third kappa shape index (κ3) is 4.19. The van der Waals surface area contributed by atoms with E-state index in [-0.39, 0.29) is 6.03 Å². The number of carbonyl (C=O) groups excluding carboxylic acids is 1. The topological polar surface area (TPSA) is 48.5 Å². The van der Waals surface area contributed by atoms with Crippen LogP contribution in [-0.4, -0.2) is 53.0 Å². The molecule has 1 aromatic rings. The molecule has 5 heteroatoms. The molecule has 22 heavy (non-hydrogen) atoms. The Labute approximate surface area is 132 Å². The van der Waals surface area contributed by atoms with Gasteiger partial charge in [-0.15, -0.1) is 0 Å². The first-order valence-corrected chi connectivity index (χ1v) is 8.48. The van der Waals surface area contributed by atoms with Crippen LogP contribution in [0.1, 0.15) is 37.7 Å². The smallest absolute Gasteiger partial charge is 0.317 e. The van der Waals surface area contributed by atoms with E-state index in [0.29, 0.717) is 6.04 Å². The molecule has 120 valence electrons. The van der Waals surface area contributed by atoms with Crippen LogP contribution in [0.15, 0.2) is 24.5 Å². The Balaban J connectivity index is 1.42. The molecule has 2 aliphatic rings. The number of hydrogen-bond acceptors (Lipinski definition) is 3. The first-order chi connectivity index (χ1) is 10.8. The van der Waals surface area contributed by atoms with Crippen molar-refractivity contribution in [3.05, 3.63) is 30.1 Å². The number of piperazine rings is 1. The third-order valence-electron chi connectivity index (χ3n) is 4.75. The van der Waals surface area contributed by atoms with E-state index in [1.807, 2.05) is 17.3 Å². The molecule has 0 unspecified atom stereocenters. The van der Waals surface area contributed by atoms with Crippen LogP contribution >= 0.6 is 0 Å². The molecule has 5 nitrogen and oxygen atoms in total. The lowest BCUT2D eigenvalue weighted by Crippen LogP contribution is -2.53. The van der Waals surface area contributed by atoms with Crippen LogP contribution in [0.4, 0.5) is 4.79 Å². The van der Waals surface area contributed by atoms with Crippen LogP contribution in [0.3, 0.4) is 0 Å². The Morgan fingerprint density at radius 2 is 1.77 bits per heavy atom. The van der Waals surface area contributed by atoms with Gasteiger partial charge in [0.2, 0.25) is 0 Å². The highest BCUT2D eigenvalue weighted by Crippen LogP contribution is 2.18. The fourth-order valence-corrected chi connectivity index (χ4v) is 3.37. The Kier molecular flexibility index (Phi) is 5.27. The minimum atomic E-state index is 0.135. The molecule has 1 saturated carbocycles. The predicted octanol–water partition coefficient (Wildman–Crippen LogP) is 2.24. The van der Waals surface area contributed by atoms with Crippen molar-refractivity contribution < 1.29 is 4.79 Å². The summed E-state index contributed by atoms with van der Waals surface area (Å²) in [7, 11) is 0. The highest BCUT2D eigenvalue weighted by molar-refractivity contribution is 5.74. The van der Waals surface area contributed by atoms with E-state index in [0.717, 1.165) is 45.6 Å². The fraction of sp³-hybridized carbons (Fsp3) is 0.647. The Hall–Kier alpha value is -1.62. The number of aromatic nitrogens is 1. The van der Waals surface area contributed by atoms with E-state index in [1.54, 1.807) is 0 Å². The van der Waals surface area contributed by atoms with Crippen molar-refractivity contribution in [1.82, 2.24) is 20.1 Å². The largest absolute Gasteiger partial charge is 0.335 e. The molecule has 0 aromatic carbocycles. The van der Waals surface area contributed by atoms with Gasteiger partial charge in [-0.3, -0.25) is 9.88 Å². The Bertz CT molecular complexity index is 465. The fourth-order valence-electron chi connectivity index (χ4n) is 3.37. The van der Waals surface area contributed by atoms with Crippen LogP contribution in [0, 0.1) is 0 Å². The van der Waals surface area contributed by atoms with Crippen LogP contribution in [0.2, 0.25) is 0 Å². The van der Waals surface area contributed by atoms with Crippen molar-refractivity contribution >= 4 is 6.03 Å². The quantitative estimate of drug-likeness (QED) is 0.931. The van der Waals surface area contributed by atoms with E-state index in [9.17, 15) is 4.79 Å². The summed E-state index contributed by atoms with van der Waals surface area (Å²) in [5, 5.41) is 3.21. The predicted molar refractivity (Wildman–Crippen MR) is 86.5 cm³/mol. The van der Waals surface area contributed by atoms with E-state index < -0.39 is 0 Å². The molecule has 0 bridgehead atoms. The molecule has 2 amide bonds. The first kappa shape index (κ1) is 15.3. The molecular weight excluding hydrogens is 276 g/mol. The number of pyridine rings is 1. The van der Waals surface area contributed by atoms with Crippen molar-refractivity contribution in [3.63, 3.8) is 0 Å². The molecule has 1 N–H and O–H groups in total. The van der Waals surface area contributed by atoms with Crippen LogP contribution in [-0.2, 0) is 6.54 Å². The van der Waals surface area contributed by atoms with Gasteiger partial charge in [0, 0.05) is 51.2 Å². The lowest BCUT2D eigenvalue weighted by molar-refractivity contribution is 0.132. The van der Waals surface area contributed by atoms with Crippen molar-refractivity contribution in [1.29, 1.82) is 0 Å². The average molecular weight is 302 g/mol. The molecule has 1 aliphatic heterocycles. The summed E-state index contributed by atoms with van der Waals surface area (Å²) in [5.41, 5.74) is 1.29. The molecule has 1 aromatic heterocycles. The number of amides is 2. The van der Waals surface area contributed by atoms with E-state index in [4.69, 9.17) is 0 Å². The number of urea groups is 1. The SMILES string of the molecule is O=C(NC1CCCCC1)N1CCN(Cc2ccncc2)CC1. The summed E-state index contributed by atoms with van der Waals surface area (Å²) in [6.45, 7) is 4.48. The molecule has 0 radical (unpaired) electrons. The first-order valence-electron chi connectivity index (χ1n) is 8.48. The molecule has 1 aliphatic carbocycles. The second-order valence-corrected chi connectivity index (χ2v) is 6.40.